The van der Waals surface area contributed by atoms with E-state index in [9.17, 15) is 13.2 Å². The molecule has 1 aliphatic rings. The van der Waals surface area contributed by atoms with Crippen molar-refractivity contribution in [3.05, 3.63) is 11.8 Å². The number of nitrogens with one attached hydrogen (secondary N) is 1. The van der Waals surface area contributed by atoms with Crippen LogP contribution in [0.15, 0.2) is 16.8 Å². The quantitative estimate of drug-likeness (QED) is 0.723. The van der Waals surface area contributed by atoms with Crippen LogP contribution in [0.5, 0.6) is 0 Å². The van der Waals surface area contributed by atoms with E-state index in [1.54, 1.807) is 0 Å². The molecule has 7 heteroatoms. The Morgan fingerprint density at radius 2 is 2.36 bits per heavy atom. The lowest BCUT2D eigenvalue weighted by Gasteiger charge is -2.22. The summed E-state index contributed by atoms with van der Waals surface area (Å²) in [5.74, 6) is 0. The lowest BCUT2D eigenvalue weighted by molar-refractivity contribution is -0.130. The highest BCUT2D eigenvalue weighted by Gasteiger charge is 2.27. The molecule has 1 heterocycles. The van der Waals surface area contributed by atoms with Crippen LogP contribution in [-0.4, -0.2) is 30.6 Å². The summed E-state index contributed by atoms with van der Waals surface area (Å²) in [6, 6.07) is 1.82. The van der Waals surface area contributed by atoms with Crippen molar-refractivity contribution in [2.45, 2.75) is 6.18 Å². The van der Waals surface area contributed by atoms with Gasteiger partial charge in [0, 0.05) is 6.20 Å². The summed E-state index contributed by atoms with van der Waals surface area (Å²) in [5, 5.41) is 9.59. The minimum atomic E-state index is -4.28. The third-order valence-electron chi connectivity index (χ3n) is 1.40. The van der Waals surface area contributed by atoms with Gasteiger partial charge in [-0.25, -0.2) is 10.4 Å². The van der Waals surface area contributed by atoms with Crippen LogP contribution in [0.25, 0.3) is 0 Å². The van der Waals surface area contributed by atoms with Crippen LogP contribution in [0.2, 0.25) is 0 Å². The van der Waals surface area contributed by atoms with Gasteiger partial charge in [-0.3, -0.25) is 5.01 Å². The zero-order valence-electron chi connectivity index (χ0n) is 7.04. The van der Waals surface area contributed by atoms with Gasteiger partial charge >= 0.3 is 6.18 Å². The van der Waals surface area contributed by atoms with Crippen molar-refractivity contribution in [3.63, 3.8) is 0 Å². The van der Waals surface area contributed by atoms with Crippen LogP contribution < -0.4 is 5.43 Å². The number of nitriles is 1. The van der Waals surface area contributed by atoms with E-state index in [2.05, 4.69) is 10.4 Å². The molecule has 1 N–H and O–H groups in total. The van der Waals surface area contributed by atoms with Crippen LogP contribution >= 0.6 is 0 Å². The van der Waals surface area contributed by atoms with Crippen molar-refractivity contribution in [1.82, 2.24) is 10.4 Å². The first-order valence-electron chi connectivity index (χ1n) is 3.70. The molecule has 0 aliphatic carbocycles. The fourth-order valence-corrected chi connectivity index (χ4v) is 0.821. The van der Waals surface area contributed by atoms with Crippen molar-refractivity contribution in [2.24, 2.45) is 4.99 Å². The van der Waals surface area contributed by atoms with Gasteiger partial charge in [0.15, 0.2) is 0 Å². The monoisotopic (exact) mass is 204 g/mol. The first-order chi connectivity index (χ1) is 6.51. The van der Waals surface area contributed by atoms with E-state index < -0.39 is 12.7 Å². The number of alkyl halides is 3. The molecule has 0 fully saturated rings. The van der Waals surface area contributed by atoms with Crippen molar-refractivity contribution >= 4 is 6.34 Å². The summed E-state index contributed by atoms with van der Waals surface area (Å²) >= 11 is 0. The normalized spacial score (nSPS) is 16.4. The van der Waals surface area contributed by atoms with Crippen LogP contribution in [0.1, 0.15) is 0 Å². The topological polar surface area (TPSA) is 51.4 Å². The second-order valence-electron chi connectivity index (χ2n) is 2.61. The molecule has 0 unspecified atom stereocenters. The van der Waals surface area contributed by atoms with Gasteiger partial charge in [0.05, 0.1) is 18.2 Å². The Balaban J connectivity index is 2.40. The lowest BCUT2D eigenvalue weighted by atomic mass is 10.3. The van der Waals surface area contributed by atoms with Crippen molar-refractivity contribution in [3.8, 4) is 6.07 Å². The Labute approximate surface area is 78.3 Å². The molecule has 0 atom stereocenters. The van der Waals surface area contributed by atoms with E-state index in [-0.39, 0.29) is 6.54 Å². The number of hydrogen-bond acceptors (Lipinski definition) is 4. The van der Waals surface area contributed by atoms with Crippen LogP contribution in [0.4, 0.5) is 13.2 Å². The molecule has 0 radical (unpaired) electrons. The van der Waals surface area contributed by atoms with E-state index in [4.69, 9.17) is 5.26 Å². The zero-order chi connectivity index (χ0) is 10.6. The highest BCUT2D eigenvalue weighted by Crippen LogP contribution is 2.12. The summed E-state index contributed by atoms with van der Waals surface area (Å²) in [6.45, 7) is -1.05. The largest absolute Gasteiger partial charge is 0.402 e. The Morgan fingerprint density at radius 3 is 2.93 bits per heavy atom. The molecule has 0 aromatic heterocycles. The number of aliphatic imine (C=N–C) groups is 1. The molecule has 0 aromatic rings. The van der Waals surface area contributed by atoms with E-state index in [1.807, 2.05) is 6.07 Å². The maximum atomic E-state index is 11.8. The molecule has 76 valence electrons. The van der Waals surface area contributed by atoms with Crippen LogP contribution in [-0.2, 0) is 0 Å². The molecule has 0 saturated carbocycles. The maximum absolute atomic E-state index is 11.8. The van der Waals surface area contributed by atoms with Gasteiger partial charge in [-0.05, 0) is 0 Å². The molecule has 0 spiro atoms. The second kappa shape index (κ2) is 4.11. The van der Waals surface area contributed by atoms with Crippen LogP contribution in [0, 0.1) is 11.3 Å². The fraction of sp³-hybridized carbons (Fsp3) is 0.429. The molecule has 4 nitrogen and oxygen atoms in total. The number of nitrogens with zero attached hydrogens (tertiary/aromatic N) is 3. The summed E-state index contributed by atoms with van der Waals surface area (Å²) in [7, 11) is 0. The molecule has 0 saturated heterocycles. The van der Waals surface area contributed by atoms with Gasteiger partial charge in [-0.1, -0.05) is 0 Å². The Hall–Kier alpha value is -1.55. The Bertz CT molecular complexity index is 299. The van der Waals surface area contributed by atoms with E-state index >= 15 is 0 Å². The maximum Gasteiger partial charge on any atom is 0.402 e. The van der Waals surface area contributed by atoms with Gasteiger partial charge in [-0.15, -0.1) is 0 Å². The van der Waals surface area contributed by atoms with E-state index in [0.29, 0.717) is 5.57 Å². The van der Waals surface area contributed by atoms with Gasteiger partial charge in [0.25, 0.3) is 0 Å². The standard InChI is InChI=1S/C7H7F3N4/c8-7(9,10)4-13-14-3-6(1-11)2-12-5-14/h2,5,13H,3-4H2. The highest BCUT2D eigenvalue weighted by atomic mass is 19.4. The molecular weight excluding hydrogens is 197 g/mol. The molecule has 0 amide bonds. The number of rotatable bonds is 2. The van der Waals surface area contributed by atoms with Gasteiger partial charge in [0.2, 0.25) is 0 Å². The first-order valence-corrected chi connectivity index (χ1v) is 3.70. The predicted octanol–water partition coefficient (Wildman–Crippen LogP) is 0.805. The minimum Gasteiger partial charge on any atom is -0.293 e. The predicted molar refractivity (Wildman–Crippen MR) is 43.0 cm³/mol. The first kappa shape index (κ1) is 10.5. The molecule has 0 aromatic carbocycles. The zero-order valence-corrected chi connectivity index (χ0v) is 7.04. The summed E-state index contributed by atoms with van der Waals surface area (Å²) in [5.41, 5.74) is 2.40. The second-order valence-corrected chi connectivity index (χ2v) is 2.61. The molecule has 1 rings (SSSR count). The van der Waals surface area contributed by atoms with Gasteiger partial charge in [-0.2, -0.15) is 18.4 Å². The Kier molecular flexibility index (Phi) is 3.09. The third-order valence-corrected chi connectivity index (χ3v) is 1.40. The van der Waals surface area contributed by atoms with Crippen molar-refractivity contribution < 1.29 is 13.2 Å². The van der Waals surface area contributed by atoms with E-state index in [1.165, 1.54) is 12.5 Å². The lowest BCUT2D eigenvalue weighted by Crippen LogP contribution is -2.44. The summed E-state index contributed by atoms with van der Waals surface area (Å²) in [4.78, 5) is 3.60. The van der Waals surface area contributed by atoms with E-state index in [0.717, 1.165) is 5.01 Å². The highest BCUT2D eigenvalue weighted by molar-refractivity contribution is 5.58. The summed E-state index contributed by atoms with van der Waals surface area (Å²) in [6.07, 6.45) is -1.76. The summed E-state index contributed by atoms with van der Waals surface area (Å²) < 4.78 is 35.3. The minimum absolute atomic E-state index is 0.0933. The molecular formula is C7H7F3N4. The fourth-order valence-electron chi connectivity index (χ4n) is 0.821. The van der Waals surface area contributed by atoms with Gasteiger partial charge in [0.1, 0.15) is 12.9 Å². The average molecular weight is 204 g/mol. The van der Waals surface area contributed by atoms with Crippen molar-refractivity contribution in [2.75, 3.05) is 13.1 Å². The molecule has 1 aliphatic heterocycles. The van der Waals surface area contributed by atoms with Crippen LogP contribution in [0.3, 0.4) is 0 Å². The SMILES string of the molecule is N#CC1=CN=CN(NCC(F)(F)F)C1. The van der Waals surface area contributed by atoms with Gasteiger partial charge < -0.3 is 0 Å². The molecule has 0 bridgehead atoms. The average Bonchev–Trinajstić information content (AvgIpc) is 2.14. The molecule has 14 heavy (non-hydrogen) atoms. The number of hydrazine groups is 1. The number of halogens is 3. The smallest absolute Gasteiger partial charge is 0.293 e. The Morgan fingerprint density at radius 1 is 1.64 bits per heavy atom. The third kappa shape index (κ3) is 3.45. The number of hydrogen-bond donors (Lipinski definition) is 1. The van der Waals surface area contributed by atoms with Crippen molar-refractivity contribution in [1.29, 1.82) is 5.26 Å².